The fourth-order valence-corrected chi connectivity index (χ4v) is 2.69. The van der Waals surface area contributed by atoms with Crippen molar-refractivity contribution in [1.82, 2.24) is 19.3 Å². The number of fused-ring (bicyclic) bond motifs is 1. The van der Waals surface area contributed by atoms with E-state index in [4.69, 9.17) is 0 Å². The van der Waals surface area contributed by atoms with Gasteiger partial charge in [-0.3, -0.25) is 14.3 Å². The van der Waals surface area contributed by atoms with Crippen LogP contribution in [0.2, 0.25) is 0 Å². The molecule has 0 aliphatic carbocycles. The molecule has 0 bridgehead atoms. The maximum absolute atomic E-state index is 10.1. The Morgan fingerprint density at radius 2 is 2.00 bits per heavy atom. The van der Waals surface area contributed by atoms with Gasteiger partial charge in [-0.1, -0.05) is 37.3 Å². The molecule has 1 unspecified atom stereocenters. The van der Waals surface area contributed by atoms with E-state index in [-0.39, 0.29) is 6.10 Å². The van der Waals surface area contributed by atoms with Gasteiger partial charge in [0, 0.05) is 32.0 Å². The van der Waals surface area contributed by atoms with Crippen molar-refractivity contribution in [3.63, 3.8) is 0 Å². The second-order valence-corrected chi connectivity index (χ2v) is 5.77. The SMILES string of the molecule is CCC(O)CN(Cc1ccccc1)Cc1cnc2cnccn12. The average molecular weight is 310 g/mol. The molecule has 1 aromatic carbocycles. The molecule has 0 spiro atoms. The second-order valence-electron chi connectivity index (χ2n) is 5.77. The molecule has 120 valence electrons. The standard InChI is InChI=1S/C18H22N4O/c1-2-17(23)14-21(12-15-6-4-3-5-7-15)13-16-10-20-18-11-19-8-9-22(16)18/h3-11,17,23H,2,12-14H2,1H3. The van der Waals surface area contributed by atoms with Gasteiger partial charge in [0.2, 0.25) is 0 Å². The van der Waals surface area contributed by atoms with E-state index in [1.54, 1.807) is 12.4 Å². The highest BCUT2D eigenvalue weighted by Crippen LogP contribution is 2.13. The Bertz CT molecular complexity index is 741. The van der Waals surface area contributed by atoms with Gasteiger partial charge in [0.1, 0.15) is 0 Å². The molecule has 0 fully saturated rings. The van der Waals surface area contributed by atoms with Crippen LogP contribution in [0, 0.1) is 0 Å². The lowest BCUT2D eigenvalue weighted by molar-refractivity contribution is 0.101. The first-order valence-electron chi connectivity index (χ1n) is 7.96. The van der Waals surface area contributed by atoms with Crippen molar-refractivity contribution in [2.45, 2.75) is 32.5 Å². The molecule has 1 atom stereocenters. The summed E-state index contributed by atoms with van der Waals surface area (Å²) in [6, 6.07) is 10.3. The molecule has 0 amide bonds. The molecule has 0 saturated heterocycles. The molecular formula is C18H22N4O. The summed E-state index contributed by atoms with van der Waals surface area (Å²) < 4.78 is 2.04. The number of aromatic nitrogens is 3. The Labute approximate surface area is 136 Å². The van der Waals surface area contributed by atoms with Gasteiger partial charge in [-0.15, -0.1) is 0 Å². The third-order valence-corrected chi connectivity index (χ3v) is 3.97. The van der Waals surface area contributed by atoms with Gasteiger partial charge < -0.3 is 5.11 Å². The number of hydrogen-bond acceptors (Lipinski definition) is 4. The summed E-state index contributed by atoms with van der Waals surface area (Å²) in [5.74, 6) is 0. The van der Waals surface area contributed by atoms with Crippen LogP contribution >= 0.6 is 0 Å². The van der Waals surface area contributed by atoms with Gasteiger partial charge in [0.15, 0.2) is 5.65 Å². The Hall–Kier alpha value is -2.24. The van der Waals surface area contributed by atoms with E-state index in [0.29, 0.717) is 6.54 Å². The second kappa shape index (κ2) is 7.35. The fraction of sp³-hybridized carbons (Fsp3) is 0.333. The van der Waals surface area contributed by atoms with Crippen LogP contribution in [0.15, 0.2) is 55.1 Å². The summed E-state index contributed by atoms with van der Waals surface area (Å²) in [6.07, 6.45) is 7.76. The molecule has 2 heterocycles. The number of aliphatic hydroxyl groups excluding tert-OH is 1. The predicted octanol–water partition coefficient (Wildman–Crippen LogP) is 2.50. The van der Waals surface area contributed by atoms with Crippen LogP contribution in [0.3, 0.4) is 0 Å². The lowest BCUT2D eigenvalue weighted by Gasteiger charge is -2.24. The summed E-state index contributed by atoms with van der Waals surface area (Å²) in [4.78, 5) is 10.7. The van der Waals surface area contributed by atoms with Gasteiger partial charge in [0.05, 0.1) is 24.2 Å². The molecule has 2 aromatic heterocycles. The molecule has 1 N–H and O–H groups in total. The molecule has 5 heteroatoms. The van der Waals surface area contributed by atoms with E-state index in [0.717, 1.165) is 30.9 Å². The minimum atomic E-state index is -0.320. The minimum Gasteiger partial charge on any atom is -0.392 e. The molecule has 3 rings (SSSR count). The first kappa shape index (κ1) is 15.6. The van der Waals surface area contributed by atoms with Crippen molar-refractivity contribution >= 4 is 5.65 Å². The summed E-state index contributed by atoms with van der Waals surface area (Å²) in [5, 5.41) is 10.1. The number of hydrogen-bond donors (Lipinski definition) is 1. The van der Waals surface area contributed by atoms with E-state index in [2.05, 4.69) is 27.0 Å². The van der Waals surface area contributed by atoms with Gasteiger partial charge in [0.25, 0.3) is 0 Å². The zero-order valence-electron chi connectivity index (χ0n) is 13.3. The van der Waals surface area contributed by atoms with Crippen molar-refractivity contribution in [2.75, 3.05) is 6.54 Å². The van der Waals surface area contributed by atoms with Crippen LogP contribution in [0.25, 0.3) is 5.65 Å². The van der Waals surface area contributed by atoms with Crippen molar-refractivity contribution < 1.29 is 5.11 Å². The molecular weight excluding hydrogens is 288 g/mol. The lowest BCUT2D eigenvalue weighted by Crippen LogP contribution is -2.31. The highest BCUT2D eigenvalue weighted by atomic mass is 16.3. The summed E-state index contributed by atoms with van der Waals surface area (Å²) in [6.45, 7) is 4.18. The van der Waals surface area contributed by atoms with E-state index in [1.807, 2.05) is 41.9 Å². The topological polar surface area (TPSA) is 53.7 Å². The Kier molecular flexibility index (Phi) is 5.00. The third kappa shape index (κ3) is 3.94. The molecule has 0 radical (unpaired) electrons. The van der Waals surface area contributed by atoms with Crippen LogP contribution in [-0.4, -0.2) is 37.0 Å². The van der Waals surface area contributed by atoms with Crippen molar-refractivity contribution in [1.29, 1.82) is 0 Å². The van der Waals surface area contributed by atoms with E-state index in [9.17, 15) is 5.11 Å². The number of aliphatic hydroxyl groups is 1. The van der Waals surface area contributed by atoms with Gasteiger partial charge >= 0.3 is 0 Å². The summed E-state index contributed by atoms with van der Waals surface area (Å²) in [5.41, 5.74) is 3.19. The van der Waals surface area contributed by atoms with E-state index >= 15 is 0 Å². The van der Waals surface area contributed by atoms with Gasteiger partial charge in [-0.05, 0) is 12.0 Å². The van der Waals surface area contributed by atoms with E-state index < -0.39 is 0 Å². The highest BCUT2D eigenvalue weighted by molar-refractivity contribution is 5.36. The minimum absolute atomic E-state index is 0.320. The maximum Gasteiger partial charge on any atom is 0.155 e. The van der Waals surface area contributed by atoms with Crippen molar-refractivity contribution in [3.05, 3.63) is 66.4 Å². The fourth-order valence-electron chi connectivity index (χ4n) is 2.69. The predicted molar refractivity (Wildman–Crippen MR) is 89.8 cm³/mol. The summed E-state index contributed by atoms with van der Waals surface area (Å²) in [7, 11) is 0. The smallest absolute Gasteiger partial charge is 0.155 e. The first-order chi connectivity index (χ1) is 11.3. The highest BCUT2D eigenvalue weighted by Gasteiger charge is 2.14. The molecule has 5 nitrogen and oxygen atoms in total. The zero-order chi connectivity index (χ0) is 16.1. The van der Waals surface area contributed by atoms with Crippen molar-refractivity contribution in [3.8, 4) is 0 Å². The molecule has 0 saturated carbocycles. The monoisotopic (exact) mass is 310 g/mol. The Morgan fingerprint density at radius 1 is 1.17 bits per heavy atom. The van der Waals surface area contributed by atoms with Crippen LogP contribution in [0.1, 0.15) is 24.6 Å². The number of benzene rings is 1. The number of rotatable bonds is 7. The zero-order valence-corrected chi connectivity index (χ0v) is 13.3. The Morgan fingerprint density at radius 3 is 2.78 bits per heavy atom. The van der Waals surface area contributed by atoms with Gasteiger partial charge in [-0.25, -0.2) is 4.98 Å². The quantitative estimate of drug-likeness (QED) is 0.728. The van der Waals surface area contributed by atoms with Gasteiger partial charge in [-0.2, -0.15) is 0 Å². The van der Waals surface area contributed by atoms with Crippen molar-refractivity contribution in [2.24, 2.45) is 0 Å². The van der Waals surface area contributed by atoms with Crippen LogP contribution < -0.4 is 0 Å². The van der Waals surface area contributed by atoms with Crippen LogP contribution in [0.4, 0.5) is 0 Å². The third-order valence-electron chi connectivity index (χ3n) is 3.97. The molecule has 3 aromatic rings. The average Bonchev–Trinajstić information content (AvgIpc) is 2.99. The normalized spacial score (nSPS) is 12.8. The Balaban J connectivity index is 1.80. The largest absolute Gasteiger partial charge is 0.392 e. The molecule has 23 heavy (non-hydrogen) atoms. The number of imidazole rings is 1. The maximum atomic E-state index is 10.1. The molecule has 0 aliphatic rings. The van der Waals surface area contributed by atoms with Crippen LogP contribution in [0.5, 0.6) is 0 Å². The first-order valence-corrected chi connectivity index (χ1v) is 7.96. The molecule has 0 aliphatic heterocycles. The number of nitrogens with zero attached hydrogens (tertiary/aromatic N) is 4. The lowest BCUT2D eigenvalue weighted by atomic mass is 10.2. The van der Waals surface area contributed by atoms with E-state index in [1.165, 1.54) is 5.56 Å². The van der Waals surface area contributed by atoms with Crippen LogP contribution in [-0.2, 0) is 13.1 Å². The summed E-state index contributed by atoms with van der Waals surface area (Å²) >= 11 is 0.